The summed E-state index contributed by atoms with van der Waals surface area (Å²) in [6.45, 7) is 0.299. The lowest BCUT2D eigenvalue weighted by Gasteiger charge is -2.02. The monoisotopic (exact) mass is 355 g/mol. The molecule has 0 atom stereocenters. The molecule has 0 aromatic heterocycles. The third-order valence-corrected chi connectivity index (χ3v) is 4.15. The maximum Gasteiger partial charge on any atom is 0.269 e. The first kappa shape index (κ1) is 19.7. The van der Waals surface area contributed by atoms with E-state index in [-0.39, 0.29) is 5.69 Å². The summed E-state index contributed by atoms with van der Waals surface area (Å²) in [6.07, 6.45) is 7.89. The van der Waals surface area contributed by atoms with Crippen molar-refractivity contribution in [2.75, 3.05) is 6.61 Å². The summed E-state index contributed by atoms with van der Waals surface area (Å²) in [5, 5.41) is 27.6. The van der Waals surface area contributed by atoms with Gasteiger partial charge in [-0.3, -0.25) is 10.1 Å². The van der Waals surface area contributed by atoms with E-state index >= 15 is 0 Å². The molecule has 6 nitrogen and oxygen atoms in total. The van der Waals surface area contributed by atoms with Crippen molar-refractivity contribution in [3.8, 4) is 0 Å². The molecular weight excluding hydrogens is 330 g/mol. The normalized spacial score (nSPS) is 11.1. The molecule has 0 amide bonds. The SMILES string of the molecule is O=[N+]([O-])c1ccc(/N=N/c2ccc(CCCCCCCCO)cc2)cc1. The van der Waals surface area contributed by atoms with Crippen molar-refractivity contribution >= 4 is 17.1 Å². The summed E-state index contributed by atoms with van der Waals surface area (Å²) in [7, 11) is 0. The van der Waals surface area contributed by atoms with Crippen LogP contribution in [0.4, 0.5) is 17.1 Å². The van der Waals surface area contributed by atoms with E-state index in [4.69, 9.17) is 5.11 Å². The van der Waals surface area contributed by atoms with Crippen LogP contribution in [0, 0.1) is 10.1 Å². The number of hydrogen-bond acceptors (Lipinski definition) is 5. The van der Waals surface area contributed by atoms with Gasteiger partial charge in [-0.2, -0.15) is 10.2 Å². The number of benzene rings is 2. The van der Waals surface area contributed by atoms with Gasteiger partial charge in [-0.25, -0.2) is 0 Å². The van der Waals surface area contributed by atoms with Gasteiger partial charge in [0.05, 0.1) is 16.3 Å². The first-order chi connectivity index (χ1) is 12.7. The highest BCUT2D eigenvalue weighted by Crippen LogP contribution is 2.22. The Hall–Kier alpha value is -2.60. The van der Waals surface area contributed by atoms with Gasteiger partial charge in [0.25, 0.3) is 5.69 Å². The van der Waals surface area contributed by atoms with Crippen LogP contribution >= 0.6 is 0 Å². The summed E-state index contributed by atoms with van der Waals surface area (Å²) in [4.78, 5) is 10.2. The van der Waals surface area contributed by atoms with Gasteiger partial charge in [0.15, 0.2) is 0 Å². The predicted molar refractivity (Wildman–Crippen MR) is 102 cm³/mol. The number of non-ortho nitro benzene ring substituents is 1. The molecule has 26 heavy (non-hydrogen) atoms. The highest BCUT2D eigenvalue weighted by atomic mass is 16.6. The van der Waals surface area contributed by atoms with E-state index in [0.717, 1.165) is 24.9 Å². The van der Waals surface area contributed by atoms with Gasteiger partial charge >= 0.3 is 0 Å². The summed E-state index contributed by atoms with van der Waals surface area (Å²) in [5.74, 6) is 0. The zero-order valence-corrected chi connectivity index (χ0v) is 14.9. The number of aliphatic hydroxyl groups excluding tert-OH is 1. The molecule has 138 valence electrons. The van der Waals surface area contributed by atoms with Gasteiger partial charge in [-0.05, 0) is 49.1 Å². The van der Waals surface area contributed by atoms with Crippen LogP contribution in [0.2, 0.25) is 0 Å². The molecule has 0 aliphatic carbocycles. The number of unbranched alkanes of at least 4 members (excludes halogenated alkanes) is 5. The molecule has 0 saturated heterocycles. The molecule has 0 saturated carbocycles. The van der Waals surface area contributed by atoms with Crippen molar-refractivity contribution in [1.29, 1.82) is 0 Å². The Morgan fingerprint density at radius 1 is 0.769 bits per heavy atom. The predicted octanol–water partition coefficient (Wildman–Crippen LogP) is 5.89. The van der Waals surface area contributed by atoms with Gasteiger partial charge in [-0.15, -0.1) is 0 Å². The van der Waals surface area contributed by atoms with E-state index < -0.39 is 4.92 Å². The first-order valence-corrected chi connectivity index (χ1v) is 9.05. The van der Waals surface area contributed by atoms with E-state index in [9.17, 15) is 10.1 Å². The van der Waals surface area contributed by atoms with Crippen LogP contribution in [0.1, 0.15) is 44.1 Å². The minimum absolute atomic E-state index is 0.0432. The molecule has 0 heterocycles. The Bertz CT molecular complexity index is 697. The highest BCUT2D eigenvalue weighted by Gasteiger charge is 2.03. The second-order valence-electron chi connectivity index (χ2n) is 6.23. The quantitative estimate of drug-likeness (QED) is 0.236. The molecule has 0 radical (unpaired) electrons. The van der Waals surface area contributed by atoms with E-state index in [2.05, 4.69) is 22.4 Å². The van der Waals surface area contributed by atoms with E-state index in [0.29, 0.717) is 12.3 Å². The van der Waals surface area contributed by atoms with Crippen molar-refractivity contribution in [2.24, 2.45) is 10.2 Å². The Morgan fingerprint density at radius 2 is 1.27 bits per heavy atom. The number of aryl methyl sites for hydroxylation is 1. The average molecular weight is 355 g/mol. The number of hydrogen-bond donors (Lipinski definition) is 1. The molecule has 0 spiro atoms. The molecule has 1 N–H and O–H groups in total. The number of nitrogens with zero attached hydrogens (tertiary/aromatic N) is 3. The molecule has 0 aliphatic heterocycles. The zero-order valence-electron chi connectivity index (χ0n) is 14.9. The minimum Gasteiger partial charge on any atom is -0.396 e. The van der Waals surface area contributed by atoms with Crippen LogP contribution in [-0.2, 0) is 6.42 Å². The molecule has 6 heteroatoms. The Labute approximate surface area is 153 Å². The van der Waals surface area contributed by atoms with Crippen molar-refractivity contribution in [3.63, 3.8) is 0 Å². The molecule has 0 aliphatic rings. The lowest BCUT2D eigenvalue weighted by Crippen LogP contribution is -1.87. The summed E-state index contributed by atoms with van der Waals surface area (Å²) < 4.78 is 0. The molecule has 0 unspecified atom stereocenters. The van der Waals surface area contributed by atoms with E-state index in [1.165, 1.54) is 43.4 Å². The molecule has 2 aromatic carbocycles. The van der Waals surface area contributed by atoms with Gasteiger partial charge in [-0.1, -0.05) is 37.8 Å². The molecule has 0 bridgehead atoms. The second kappa shape index (κ2) is 11.1. The lowest BCUT2D eigenvalue weighted by molar-refractivity contribution is -0.384. The number of nitro benzene ring substituents is 1. The van der Waals surface area contributed by atoms with Crippen LogP contribution in [0.3, 0.4) is 0 Å². The van der Waals surface area contributed by atoms with Crippen molar-refractivity contribution in [3.05, 3.63) is 64.2 Å². The molecular formula is C20H25N3O3. The van der Waals surface area contributed by atoms with Crippen LogP contribution in [-0.4, -0.2) is 16.6 Å². The molecule has 2 rings (SSSR count). The summed E-state index contributed by atoms with van der Waals surface area (Å²) in [6, 6.07) is 14.0. The van der Waals surface area contributed by atoms with Crippen molar-refractivity contribution < 1.29 is 10.0 Å². The Kier molecular flexibility index (Phi) is 8.42. The molecule has 2 aromatic rings. The fourth-order valence-corrected chi connectivity index (χ4v) is 2.63. The standard InChI is InChI=1S/C20H25N3O3/c24-16-6-4-2-1-3-5-7-17-8-10-18(11-9-17)21-22-19-12-14-20(15-13-19)23(25)26/h8-15,24H,1-7,16H2/b22-21+. The highest BCUT2D eigenvalue weighted by molar-refractivity contribution is 5.45. The third kappa shape index (κ3) is 7.11. The molecule has 0 fully saturated rings. The van der Waals surface area contributed by atoms with Crippen molar-refractivity contribution in [2.45, 2.75) is 44.9 Å². The number of aliphatic hydroxyl groups is 1. The number of azo groups is 1. The van der Waals surface area contributed by atoms with Crippen LogP contribution < -0.4 is 0 Å². The number of rotatable bonds is 11. The smallest absolute Gasteiger partial charge is 0.269 e. The van der Waals surface area contributed by atoms with Gasteiger partial charge < -0.3 is 5.11 Å². The third-order valence-electron chi connectivity index (χ3n) is 4.15. The fourth-order valence-electron chi connectivity index (χ4n) is 2.63. The summed E-state index contributed by atoms with van der Waals surface area (Å²) in [5.41, 5.74) is 2.67. The van der Waals surface area contributed by atoms with E-state index in [1.807, 2.05) is 12.1 Å². The largest absolute Gasteiger partial charge is 0.396 e. The maximum atomic E-state index is 10.6. The Morgan fingerprint density at radius 3 is 1.81 bits per heavy atom. The van der Waals surface area contributed by atoms with Crippen molar-refractivity contribution in [1.82, 2.24) is 0 Å². The van der Waals surface area contributed by atoms with Crippen LogP contribution in [0.25, 0.3) is 0 Å². The summed E-state index contributed by atoms with van der Waals surface area (Å²) >= 11 is 0. The van der Waals surface area contributed by atoms with Gasteiger partial charge in [0, 0.05) is 18.7 Å². The number of nitro groups is 1. The Balaban J connectivity index is 1.75. The van der Waals surface area contributed by atoms with Crippen LogP contribution in [0.5, 0.6) is 0 Å². The fraction of sp³-hybridized carbons (Fsp3) is 0.400. The van der Waals surface area contributed by atoms with Gasteiger partial charge in [0.2, 0.25) is 0 Å². The maximum absolute atomic E-state index is 10.6. The second-order valence-corrected chi connectivity index (χ2v) is 6.23. The topological polar surface area (TPSA) is 88.1 Å². The van der Waals surface area contributed by atoms with Crippen LogP contribution in [0.15, 0.2) is 58.8 Å². The zero-order chi connectivity index (χ0) is 18.6. The van der Waals surface area contributed by atoms with E-state index in [1.54, 1.807) is 12.1 Å². The minimum atomic E-state index is -0.436. The van der Waals surface area contributed by atoms with Gasteiger partial charge in [0.1, 0.15) is 0 Å². The average Bonchev–Trinajstić information content (AvgIpc) is 2.67. The first-order valence-electron chi connectivity index (χ1n) is 9.05. The lowest BCUT2D eigenvalue weighted by atomic mass is 10.0.